The van der Waals surface area contributed by atoms with Crippen LogP contribution in [0.3, 0.4) is 0 Å². The summed E-state index contributed by atoms with van der Waals surface area (Å²) in [5.74, 6) is 1.75. The Balaban J connectivity index is 0.00000201. The van der Waals surface area contributed by atoms with Gasteiger partial charge in [-0.15, -0.1) is 0 Å². The number of rotatable bonds is 6. The first-order chi connectivity index (χ1) is 28.8. The summed E-state index contributed by atoms with van der Waals surface area (Å²) in [6, 6.07) is 65.3. The zero-order valence-electron chi connectivity index (χ0n) is 32.2. The number of nitrogens with zero attached hydrogens (tertiary/aromatic N) is 6. The molecule has 0 N–H and O–H groups in total. The Bertz CT molecular complexity index is 3160. The molecule has 6 nitrogen and oxygen atoms in total. The number of para-hydroxylation sites is 2. The summed E-state index contributed by atoms with van der Waals surface area (Å²) >= 11 is 0. The Morgan fingerprint density at radius 3 is 1.66 bits per heavy atom. The van der Waals surface area contributed by atoms with E-state index in [0.717, 1.165) is 44.8 Å². The highest BCUT2D eigenvalue weighted by atomic mass is 15.0. The van der Waals surface area contributed by atoms with Crippen molar-refractivity contribution in [3.63, 3.8) is 0 Å². The van der Waals surface area contributed by atoms with Crippen LogP contribution in [0.2, 0.25) is 0 Å². The summed E-state index contributed by atoms with van der Waals surface area (Å²) < 4.78 is 4.70. The highest BCUT2D eigenvalue weighted by molar-refractivity contribution is 6.27. The van der Waals surface area contributed by atoms with E-state index in [-0.39, 0.29) is 0 Å². The van der Waals surface area contributed by atoms with Crippen molar-refractivity contribution in [3.8, 4) is 56.9 Å². The highest BCUT2D eigenvalue weighted by Crippen LogP contribution is 2.41. The van der Waals surface area contributed by atoms with Gasteiger partial charge in [-0.25, -0.2) is 19.9 Å². The minimum Gasteiger partial charge on any atom is -0.316 e. The van der Waals surface area contributed by atoms with Crippen LogP contribution in [0.4, 0.5) is 0 Å². The summed E-state index contributed by atoms with van der Waals surface area (Å²) in [7, 11) is 0. The summed E-state index contributed by atoms with van der Waals surface area (Å²) in [6.45, 7) is 4.00. The second-order valence-electron chi connectivity index (χ2n) is 13.9. The smallest absolute Gasteiger partial charge is 0.182 e. The summed E-state index contributed by atoms with van der Waals surface area (Å²) in [5.41, 5.74) is 10.2. The standard InChI is InChI=1S/C50H32N6.C2H6/c1-4-13-36(14-5-1)48-52-49(37-15-6-2-7-16-37)54-50(53-48)42-21-12-20-41(51-42)33-25-28-39(29-26-33)56-43-22-11-10-19-40(43)46-44(56)30-27-34-23-24-35-31-32-55(47(35)45(34)46)38-17-8-3-9-18-38;1-2/h1-32H;1-2H3. The van der Waals surface area contributed by atoms with Crippen LogP contribution in [0.1, 0.15) is 13.8 Å². The van der Waals surface area contributed by atoms with Crippen LogP contribution in [-0.4, -0.2) is 29.1 Å². The fraction of sp³-hybridized carbons (Fsp3) is 0.0385. The van der Waals surface area contributed by atoms with Gasteiger partial charge in [-0.05, 0) is 60.0 Å². The molecule has 0 aliphatic heterocycles. The number of pyridine rings is 1. The molecule has 0 spiro atoms. The van der Waals surface area contributed by atoms with Crippen molar-refractivity contribution in [1.29, 1.82) is 0 Å². The highest BCUT2D eigenvalue weighted by Gasteiger charge is 2.19. The first-order valence-electron chi connectivity index (χ1n) is 19.7. The maximum atomic E-state index is 5.10. The molecule has 0 aliphatic rings. The monoisotopic (exact) mass is 746 g/mol. The Kier molecular flexibility index (Phi) is 8.84. The van der Waals surface area contributed by atoms with Crippen molar-refractivity contribution in [3.05, 3.63) is 194 Å². The Morgan fingerprint density at radius 1 is 0.362 bits per heavy atom. The zero-order chi connectivity index (χ0) is 39.0. The Morgan fingerprint density at radius 2 is 0.948 bits per heavy atom. The normalized spacial score (nSPS) is 11.3. The minimum absolute atomic E-state index is 0.529. The fourth-order valence-electron chi connectivity index (χ4n) is 8.00. The van der Waals surface area contributed by atoms with E-state index in [2.05, 4.69) is 125 Å². The summed E-state index contributed by atoms with van der Waals surface area (Å²) in [4.78, 5) is 19.8. The van der Waals surface area contributed by atoms with Crippen molar-refractivity contribution in [2.24, 2.45) is 0 Å². The lowest BCUT2D eigenvalue weighted by Gasteiger charge is -2.12. The van der Waals surface area contributed by atoms with E-state index in [1.165, 1.54) is 32.4 Å². The first kappa shape index (κ1) is 34.8. The molecule has 0 amide bonds. The minimum atomic E-state index is 0.529. The van der Waals surface area contributed by atoms with Crippen LogP contribution >= 0.6 is 0 Å². The largest absolute Gasteiger partial charge is 0.316 e. The number of aromatic nitrogens is 6. The van der Waals surface area contributed by atoms with Crippen LogP contribution in [0, 0.1) is 0 Å². The number of fused-ring (bicyclic) bond motifs is 7. The number of hydrogen-bond donors (Lipinski definition) is 0. The summed E-state index contributed by atoms with van der Waals surface area (Å²) in [6.07, 6.45) is 2.18. The first-order valence-corrected chi connectivity index (χ1v) is 19.7. The van der Waals surface area contributed by atoms with Gasteiger partial charge < -0.3 is 9.13 Å². The van der Waals surface area contributed by atoms with Gasteiger partial charge in [-0.2, -0.15) is 0 Å². The van der Waals surface area contributed by atoms with Gasteiger partial charge in [0.1, 0.15) is 5.69 Å². The molecule has 58 heavy (non-hydrogen) atoms. The number of benzene rings is 7. The molecule has 0 fully saturated rings. The Hall–Kier alpha value is -7.70. The predicted molar refractivity (Wildman–Crippen MR) is 239 cm³/mol. The quantitative estimate of drug-likeness (QED) is 0.170. The predicted octanol–water partition coefficient (Wildman–Crippen LogP) is 13.2. The zero-order valence-corrected chi connectivity index (χ0v) is 32.2. The van der Waals surface area contributed by atoms with Crippen LogP contribution in [-0.2, 0) is 0 Å². The molecular weight excluding hydrogens is 709 g/mol. The third-order valence-corrected chi connectivity index (χ3v) is 10.6. The van der Waals surface area contributed by atoms with Gasteiger partial charge in [0.25, 0.3) is 0 Å². The van der Waals surface area contributed by atoms with Crippen molar-refractivity contribution >= 4 is 43.5 Å². The lowest BCUT2D eigenvalue weighted by molar-refractivity contribution is 1.06. The molecule has 6 heteroatoms. The van der Waals surface area contributed by atoms with E-state index in [4.69, 9.17) is 19.9 Å². The summed E-state index contributed by atoms with van der Waals surface area (Å²) in [5, 5.41) is 6.16. The van der Waals surface area contributed by atoms with Gasteiger partial charge >= 0.3 is 0 Å². The second-order valence-corrected chi connectivity index (χ2v) is 13.9. The molecule has 0 saturated carbocycles. The molecule has 0 atom stereocenters. The maximum absolute atomic E-state index is 5.10. The van der Waals surface area contributed by atoms with Crippen molar-refractivity contribution in [2.45, 2.75) is 13.8 Å². The molecule has 0 saturated heterocycles. The van der Waals surface area contributed by atoms with Gasteiger partial charge in [0, 0.05) is 55.8 Å². The van der Waals surface area contributed by atoms with E-state index in [0.29, 0.717) is 23.2 Å². The van der Waals surface area contributed by atoms with E-state index in [9.17, 15) is 0 Å². The molecule has 0 bridgehead atoms. The molecule has 276 valence electrons. The van der Waals surface area contributed by atoms with Crippen molar-refractivity contribution < 1.29 is 0 Å². The van der Waals surface area contributed by atoms with Gasteiger partial charge in [-0.3, -0.25) is 0 Å². The molecule has 11 rings (SSSR count). The average molecular weight is 747 g/mol. The molecule has 0 aliphatic carbocycles. The molecule has 0 unspecified atom stereocenters. The van der Waals surface area contributed by atoms with E-state index < -0.39 is 0 Å². The number of hydrogen-bond acceptors (Lipinski definition) is 4. The van der Waals surface area contributed by atoms with Gasteiger partial charge in [-0.1, -0.05) is 147 Å². The van der Waals surface area contributed by atoms with Crippen molar-refractivity contribution in [1.82, 2.24) is 29.1 Å². The lowest BCUT2D eigenvalue weighted by atomic mass is 10.0. The molecule has 11 aromatic rings. The van der Waals surface area contributed by atoms with Gasteiger partial charge in [0.05, 0.1) is 22.2 Å². The topological polar surface area (TPSA) is 61.4 Å². The second kappa shape index (κ2) is 14.8. The van der Waals surface area contributed by atoms with Crippen LogP contribution in [0.5, 0.6) is 0 Å². The molecule has 0 radical (unpaired) electrons. The van der Waals surface area contributed by atoms with Gasteiger partial charge in [0.15, 0.2) is 17.5 Å². The van der Waals surface area contributed by atoms with E-state index in [1.54, 1.807) is 0 Å². The van der Waals surface area contributed by atoms with Crippen LogP contribution in [0.25, 0.3) is 100 Å². The maximum Gasteiger partial charge on any atom is 0.182 e. The van der Waals surface area contributed by atoms with E-state index >= 15 is 0 Å². The molecule has 4 heterocycles. The van der Waals surface area contributed by atoms with Crippen LogP contribution < -0.4 is 0 Å². The van der Waals surface area contributed by atoms with Crippen LogP contribution in [0.15, 0.2) is 194 Å². The third kappa shape index (κ3) is 5.99. The average Bonchev–Trinajstić information content (AvgIpc) is 3.90. The fourth-order valence-corrected chi connectivity index (χ4v) is 8.00. The molecular formula is C52H38N6. The SMILES string of the molecule is CC.c1ccc(-c2nc(-c3ccccc3)nc(-c3cccc(-c4ccc(-n5c6ccccc6c6c7c(ccc8ccn(-c9ccccc9)c87)ccc65)cc4)n3)n2)cc1. The molecule has 7 aromatic carbocycles. The third-order valence-electron chi connectivity index (χ3n) is 10.6. The Labute approximate surface area is 336 Å². The van der Waals surface area contributed by atoms with E-state index in [1.807, 2.05) is 92.7 Å². The van der Waals surface area contributed by atoms with Crippen molar-refractivity contribution in [2.75, 3.05) is 0 Å². The molecule has 4 aromatic heterocycles. The lowest BCUT2D eigenvalue weighted by Crippen LogP contribution is -2.01. The van der Waals surface area contributed by atoms with Gasteiger partial charge in [0.2, 0.25) is 0 Å².